The number of pyridine rings is 1. The smallest absolute Gasteiger partial charge is 0.290 e. The monoisotopic (exact) mass is 333 g/mol. The molecule has 1 amide bonds. The van der Waals surface area contributed by atoms with E-state index >= 15 is 0 Å². The first kappa shape index (κ1) is 19.1. The van der Waals surface area contributed by atoms with Crippen molar-refractivity contribution in [1.29, 1.82) is 0 Å². The van der Waals surface area contributed by atoms with E-state index in [0.717, 1.165) is 24.3 Å². The van der Waals surface area contributed by atoms with E-state index in [0.29, 0.717) is 6.54 Å². The topological polar surface area (TPSA) is 109 Å². The number of carboxylic acid groups (broad SMARTS) is 1. The highest BCUT2D eigenvalue weighted by Crippen LogP contribution is 2.04. The van der Waals surface area contributed by atoms with Gasteiger partial charge < -0.3 is 15.7 Å². The van der Waals surface area contributed by atoms with Gasteiger partial charge in [-0.3, -0.25) is 14.3 Å². The Labute approximate surface area is 140 Å². The molecule has 8 nitrogen and oxygen atoms in total. The van der Waals surface area contributed by atoms with Crippen LogP contribution in [0.3, 0.4) is 0 Å². The van der Waals surface area contributed by atoms with Crippen LogP contribution >= 0.6 is 0 Å². The van der Waals surface area contributed by atoms with E-state index < -0.39 is 0 Å². The van der Waals surface area contributed by atoms with Crippen molar-refractivity contribution in [2.45, 2.75) is 26.3 Å². The molecule has 1 unspecified atom stereocenters. The molecule has 8 heteroatoms. The van der Waals surface area contributed by atoms with E-state index in [2.05, 4.69) is 20.7 Å². The van der Waals surface area contributed by atoms with Crippen molar-refractivity contribution in [3.63, 3.8) is 0 Å². The predicted octanol–water partition coefficient (Wildman–Crippen LogP) is 1.47. The fraction of sp³-hybridized carbons (Fsp3) is 0.375. The average molecular weight is 333 g/mol. The number of nitrogens with zero attached hydrogens (tertiary/aromatic N) is 3. The predicted molar refractivity (Wildman–Crippen MR) is 90.7 cm³/mol. The lowest BCUT2D eigenvalue weighted by molar-refractivity contribution is -0.124. The molecule has 0 radical (unpaired) electrons. The number of carbonyl (C=O) groups is 2. The molecule has 2 aromatic rings. The quantitative estimate of drug-likeness (QED) is 0.523. The van der Waals surface area contributed by atoms with Crippen molar-refractivity contribution in [1.82, 2.24) is 20.1 Å². The number of aromatic nitrogens is 3. The molecular weight excluding hydrogens is 310 g/mol. The summed E-state index contributed by atoms with van der Waals surface area (Å²) in [4.78, 5) is 24.5. The molecule has 1 atom stereocenters. The second-order valence-corrected chi connectivity index (χ2v) is 5.06. The zero-order valence-electron chi connectivity index (χ0n) is 13.8. The van der Waals surface area contributed by atoms with Crippen LogP contribution in [0.5, 0.6) is 0 Å². The van der Waals surface area contributed by atoms with Crippen LogP contribution in [0.2, 0.25) is 0 Å². The van der Waals surface area contributed by atoms with E-state index in [9.17, 15) is 4.79 Å². The molecule has 0 bridgehead atoms. The summed E-state index contributed by atoms with van der Waals surface area (Å²) >= 11 is 0. The maximum Gasteiger partial charge on any atom is 0.290 e. The molecule has 0 aromatic carbocycles. The van der Waals surface area contributed by atoms with Gasteiger partial charge >= 0.3 is 0 Å². The van der Waals surface area contributed by atoms with Gasteiger partial charge in [0.05, 0.1) is 0 Å². The first-order chi connectivity index (χ1) is 11.6. The van der Waals surface area contributed by atoms with Gasteiger partial charge in [0.2, 0.25) is 5.91 Å². The third kappa shape index (κ3) is 6.91. The summed E-state index contributed by atoms with van der Waals surface area (Å²) in [5.74, 6) is 0.837. The molecular formula is C16H23N5O3. The standard InChI is InChI=1S/C15H21N5O.CH2O2/c1-12-5-6-14(18-11-12)16-7-3-8-17-15(21)13(2)20-10-4-9-19-20;2-1-3/h4-6,9-11,13H,3,7-8H2,1-2H3,(H,16,18)(H,17,21);1H,(H,2,3). The molecule has 0 aliphatic rings. The Balaban J connectivity index is 0.000000891. The maximum absolute atomic E-state index is 11.9. The lowest BCUT2D eigenvalue weighted by Gasteiger charge is -2.12. The minimum absolute atomic E-state index is 0.0211. The number of aryl methyl sites for hydroxylation is 1. The van der Waals surface area contributed by atoms with Crippen molar-refractivity contribution in [2.75, 3.05) is 18.4 Å². The normalized spacial score (nSPS) is 10.9. The van der Waals surface area contributed by atoms with Crippen molar-refractivity contribution in [3.8, 4) is 0 Å². The second kappa shape index (κ2) is 10.8. The van der Waals surface area contributed by atoms with Gasteiger partial charge in [-0.2, -0.15) is 5.10 Å². The van der Waals surface area contributed by atoms with Gasteiger partial charge in [-0.1, -0.05) is 6.07 Å². The molecule has 2 aromatic heterocycles. The van der Waals surface area contributed by atoms with E-state index in [-0.39, 0.29) is 18.4 Å². The molecule has 0 saturated carbocycles. The lowest BCUT2D eigenvalue weighted by Crippen LogP contribution is -2.32. The molecule has 3 N–H and O–H groups in total. The van der Waals surface area contributed by atoms with Gasteiger partial charge in [0.15, 0.2) is 0 Å². The number of rotatable bonds is 7. The summed E-state index contributed by atoms with van der Waals surface area (Å²) in [5.41, 5.74) is 1.14. The van der Waals surface area contributed by atoms with E-state index in [1.54, 1.807) is 17.1 Å². The largest absolute Gasteiger partial charge is 0.483 e. The Morgan fingerprint density at radius 1 is 1.42 bits per heavy atom. The third-order valence-electron chi connectivity index (χ3n) is 3.17. The van der Waals surface area contributed by atoms with Gasteiger partial charge in [0.25, 0.3) is 6.47 Å². The molecule has 130 valence electrons. The zero-order valence-corrected chi connectivity index (χ0v) is 13.8. The highest BCUT2D eigenvalue weighted by molar-refractivity contribution is 5.79. The van der Waals surface area contributed by atoms with Crippen LogP contribution in [0, 0.1) is 6.92 Å². The number of carbonyl (C=O) groups excluding carboxylic acids is 1. The number of hydrogen-bond acceptors (Lipinski definition) is 5. The first-order valence-electron chi connectivity index (χ1n) is 7.59. The number of hydrogen-bond donors (Lipinski definition) is 3. The van der Waals surface area contributed by atoms with E-state index in [4.69, 9.17) is 9.90 Å². The number of anilines is 1. The highest BCUT2D eigenvalue weighted by Gasteiger charge is 2.13. The third-order valence-corrected chi connectivity index (χ3v) is 3.17. The number of nitrogens with one attached hydrogen (secondary N) is 2. The highest BCUT2D eigenvalue weighted by atomic mass is 16.3. The fourth-order valence-corrected chi connectivity index (χ4v) is 1.87. The van der Waals surface area contributed by atoms with Gasteiger partial charge in [-0.15, -0.1) is 0 Å². The van der Waals surface area contributed by atoms with Crippen LogP contribution in [0.15, 0.2) is 36.8 Å². The summed E-state index contributed by atoms with van der Waals surface area (Å²) in [5, 5.41) is 17.1. The molecule has 0 aliphatic carbocycles. The minimum Gasteiger partial charge on any atom is -0.483 e. The Morgan fingerprint density at radius 2 is 2.17 bits per heavy atom. The zero-order chi connectivity index (χ0) is 17.8. The van der Waals surface area contributed by atoms with Crippen LogP contribution in [-0.4, -0.2) is 45.3 Å². The summed E-state index contributed by atoms with van der Waals surface area (Å²) in [6, 6.07) is 5.49. The molecule has 0 fully saturated rings. The lowest BCUT2D eigenvalue weighted by atomic mass is 10.3. The Kier molecular flexibility index (Phi) is 8.59. The molecule has 0 saturated heterocycles. The van der Waals surface area contributed by atoms with Crippen molar-refractivity contribution >= 4 is 18.2 Å². The summed E-state index contributed by atoms with van der Waals surface area (Å²) in [7, 11) is 0. The van der Waals surface area contributed by atoms with Gasteiger partial charge in [-0.05, 0) is 38.0 Å². The SMILES string of the molecule is Cc1ccc(NCCCNC(=O)C(C)n2cccn2)nc1.O=CO. The Hall–Kier alpha value is -2.90. The van der Waals surface area contributed by atoms with Crippen LogP contribution in [0.25, 0.3) is 0 Å². The average Bonchev–Trinajstić information content (AvgIpc) is 3.10. The number of amides is 1. The van der Waals surface area contributed by atoms with Crippen molar-refractivity contribution < 1.29 is 14.7 Å². The molecule has 2 rings (SSSR count). The molecule has 0 aliphatic heterocycles. The van der Waals surface area contributed by atoms with Crippen LogP contribution in [-0.2, 0) is 9.59 Å². The molecule has 0 spiro atoms. The van der Waals surface area contributed by atoms with Gasteiger partial charge in [0, 0.05) is 31.7 Å². The summed E-state index contributed by atoms with van der Waals surface area (Å²) in [6.45, 7) is 4.99. The fourth-order valence-electron chi connectivity index (χ4n) is 1.87. The van der Waals surface area contributed by atoms with Crippen LogP contribution < -0.4 is 10.6 Å². The van der Waals surface area contributed by atoms with Gasteiger partial charge in [0.1, 0.15) is 11.9 Å². The summed E-state index contributed by atoms with van der Waals surface area (Å²) < 4.78 is 1.64. The van der Waals surface area contributed by atoms with Crippen LogP contribution in [0.4, 0.5) is 5.82 Å². The van der Waals surface area contributed by atoms with E-state index in [1.807, 2.05) is 38.2 Å². The maximum atomic E-state index is 11.9. The molecule has 2 heterocycles. The Morgan fingerprint density at radius 3 is 2.75 bits per heavy atom. The van der Waals surface area contributed by atoms with E-state index in [1.165, 1.54) is 0 Å². The Bertz CT molecular complexity index is 599. The summed E-state index contributed by atoms with van der Waals surface area (Å²) in [6.07, 6.45) is 6.13. The second-order valence-electron chi connectivity index (χ2n) is 5.06. The van der Waals surface area contributed by atoms with Crippen LogP contribution in [0.1, 0.15) is 24.9 Å². The first-order valence-corrected chi connectivity index (χ1v) is 7.59. The van der Waals surface area contributed by atoms with Gasteiger partial charge in [-0.25, -0.2) is 4.98 Å². The minimum atomic E-state index is -0.285. The molecule has 24 heavy (non-hydrogen) atoms. The van der Waals surface area contributed by atoms with Crippen molar-refractivity contribution in [3.05, 3.63) is 42.4 Å². The van der Waals surface area contributed by atoms with Crippen molar-refractivity contribution in [2.24, 2.45) is 0 Å².